The molecule has 10 nitrogen and oxygen atoms in total. The molecule has 1 aliphatic rings. The first-order valence-corrected chi connectivity index (χ1v) is 12.1. The number of morpholine rings is 1. The summed E-state index contributed by atoms with van der Waals surface area (Å²) in [5, 5.41) is 0. The molecule has 1 N–H and O–H groups in total. The molecule has 17 heteroatoms. The minimum atomic E-state index is -5.17. The zero-order chi connectivity index (χ0) is 28.6. The summed E-state index contributed by atoms with van der Waals surface area (Å²) in [5.41, 5.74) is -5.76. The van der Waals surface area contributed by atoms with Crippen molar-refractivity contribution in [3.8, 4) is 0 Å². The number of amides is 1. The van der Waals surface area contributed by atoms with Crippen LogP contribution in [0, 0.1) is 6.92 Å². The van der Waals surface area contributed by atoms with Gasteiger partial charge in [-0.15, -0.1) is 0 Å². The van der Waals surface area contributed by atoms with Crippen molar-refractivity contribution in [1.29, 1.82) is 0 Å². The number of alkyl halides is 6. The average molecular weight is 572 g/mol. The number of benzene rings is 1. The van der Waals surface area contributed by atoms with E-state index in [0.29, 0.717) is 12.1 Å². The van der Waals surface area contributed by atoms with Gasteiger partial charge in [-0.05, 0) is 39.2 Å². The van der Waals surface area contributed by atoms with Crippen LogP contribution in [-0.4, -0.2) is 64.9 Å². The highest BCUT2D eigenvalue weighted by atomic mass is 31.1. The van der Waals surface area contributed by atoms with Crippen molar-refractivity contribution in [3.63, 3.8) is 0 Å². The van der Waals surface area contributed by atoms with Crippen molar-refractivity contribution in [1.82, 2.24) is 19.1 Å². The van der Waals surface area contributed by atoms with Crippen LogP contribution in [-0.2, 0) is 26.2 Å². The quantitative estimate of drug-likeness (QED) is 0.419. The lowest BCUT2D eigenvalue weighted by Crippen LogP contribution is -2.51. The topological polar surface area (TPSA) is 114 Å². The number of nitrogens with one attached hydrogen (secondary N) is 1. The number of carbonyl (C=O) groups is 1. The Labute approximate surface area is 211 Å². The van der Waals surface area contributed by atoms with E-state index in [-0.39, 0.29) is 24.8 Å². The number of nitrogens with zero attached hydrogens (tertiary/aromatic N) is 3. The smallest absolute Gasteiger partial charge is 0.348 e. The summed E-state index contributed by atoms with van der Waals surface area (Å²) < 4.78 is 105. The highest BCUT2D eigenvalue weighted by molar-refractivity contribution is 7.36. The summed E-state index contributed by atoms with van der Waals surface area (Å²) in [4.78, 5) is 40.3. The molecule has 2 heterocycles. The summed E-state index contributed by atoms with van der Waals surface area (Å²) in [6.07, 6.45) is -11.6. The Morgan fingerprint density at radius 3 is 2.21 bits per heavy atom. The zero-order valence-electron chi connectivity index (χ0n) is 20.1. The number of ether oxygens (including phenoxy) is 1. The van der Waals surface area contributed by atoms with Crippen LogP contribution >= 0.6 is 8.18 Å². The molecule has 1 saturated heterocycles. The van der Waals surface area contributed by atoms with Gasteiger partial charge in [-0.25, -0.2) is 9.46 Å². The second-order valence-electron chi connectivity index (χ2n) is 8.67. The number of aromatic nitrogens is 2. The fourth-order valence-corrected chi connectivity index (χ4v) is 4.17. The zero-order valence-corrected chi connectivity index (χ0v) is 21.1. The van der Waals surface area contributed by atoms with Crippen molar-refractivity contribution in [2.24, 2.45) is 0 Å². The van der Waals surface area contributed by atoms with Gasteiger partial charge in [0.15, 0.2) is 6.23 Å². The third-order valence-corrected chi connectivity index (χ3v) is 6.63. The fourth-order valence-electron chi connectivity index (χ4n) is 3.58. The second-order valence-corrected chi connectivity index (χ2v) is 10.4. The largest absolute Gasteiger partial charge is 0.416 e. The van der Waals surface area contributed by atoms with E-state index >= 15 is 0 Å². The van der Waals surface area contributed by atoms with Crippen molar-refractivity contribution in [2.45, 2.75) is 31.6 Å². The lowest BCUT2D eigenvalue weighted by molar-refractivity contribution is -0.143. The molecule has 0 bridgehead atoms. The second kappa shape index (κ2) is 11.0. The molecular formula is C21H23F6N4O6P. The van der Waals surface area contributed by atoms with E-state index in [2.05, 4.69) is 0 Å². The summed E-state index contributed by atoms with van der Waals surface area (Å²) >= 11 is 0. The van der Waals surface area contributed by atoms with Crippen molar-refractivity contribution < 1.29 is 45.0 Å². The maximum atomic E-state index is 13.3. The molecule has 3 rings (SSSR count). The van der Waals surface area contributed by atoms with Gasteiger partial charge >= 0.3 is 18.0 Å². The predicted molar refractivity (Wildman–Crippen MR) is 121 cm³/mol. The minimum absolute atomic E-state index is 0.0924. The SMILES string of the molecule is Cc1cn([C@H]2CN(C(=O)c3cc(C(F)(F)F)cc(C(F)(F)F)c3)CC(CO[PH](=O)N(C)C)O2)c(=O)[nH]c1=O. The van der Waals surface area contributed by atoms with Crippen LogP contribution in [0.1, 0.15) is 33.3 Å². The Hall–Kier alpha value is -2.94. The maximum Gasteiger partial charge on any atom is 0.416 e. The van der Waals surface area contributed by atoms with Gasteiger partial charge in [-0.1, -0.05) is 0 Å². The molecular weight excluding hydrogens is 549 g/mol. The van der Waals surface area contributed by atoms with Crippen LogP contribution in [0.3, 0.4) is 0 Å². The molecule has 1 aromatic heterocycles. The number of rotatable bonds is 6. The third-order valence-electron chi connectivity index (χ3n) is 5.49. The van der Waals surface area contributed by atoms with E-state index in [0.717, 1.165) is 15.7 Å². The summed E-state index contributed by atoms with van der Waals surface area (Å²) in [7, 11) is 0.231. The van der Waals surface area contributed by atoms with Crippen LogP contribution in [0.15, 0.2) is 34.0 Å². The molecule has 3 atom stereocenters. The number of hydrogen-bond donors (Lipinski definition) is 1. The molecule has 0 aliphatic carbocycles. The summed E-state index contributed by atoms with van der Waals surface area (Å²) in [5.74, 6) is -1.20. The van der Waals surface area contributed by atoms with Crippen molar-refractivity contribution in [3.05, 3.63) is 67.5 Å². The van der Waals surface area contributed by atoms with Gasteiger partial charge in [-0.2, -0.15) is 26.3 Å². The van der Waals surface area contributed by atoms with E-state index in [4.69, 9.17) is 9.26 Å². The van der Waals surface area contributed by atoms with Crippen molar-refractivity contribution in [2.75, 3.05) is 33.8 Å². The monoisotopic (exact) mass is 572 g/mol. The Balaban J connectivity index is 2.02. The number of carbonyl (C=O) groups excluding carboxylic acids is 1. The number of hydrogen-bond acceptors (Lipinski definition) is 6. The number of aromatic amines is 1. The van der Waals surface area contributed by atoms with Gasteiger partial charge in [0.25, 0.3) is 19.6 Å². The molecule has 38 heavy (non-hydrogen) atoms. The first-order chi connectivity index (χ1) is 17.5. The Bertz CT molecular complexity index is 1310. The van der Waals surface area contributed by atoms with Gasteiger partial charge < -0.3 is 14.2 Å². The highest BCUT2D eigenvalue weighted by Crippen LogP contribution is 2.37. The van der Waals surface area contributed by atoms with Gasteiger partial charge in [0, 0.05) is 23.9 Å². The Morgan fingerprint density at radius 2 is 1.68 bits per heavy atom. The standard InChI is InChI=1S/C21H23F6N4O6P/c1-11-7-31(19(34)28-17(11)32)16-9-30(8-15(37-16)10-36-38(35)29(2)3)18(33)12-4-13(20(22,23)24)6-14(5-12)21(25,26)27/h4-7,15-16,38H,8-10H2,1-3H3,(H,28,32,34)/t15?,16-/m1/s1. The van der Waals surface area contributed by atoms with E-state index in [1.807, 2.05) is 4.98 Å². The highest BCUT2D eigenvalue weighted by Gasteiger charge is 2.39. The molecule has 0 radical (unpaired) electrons. The first kappa shape index (κ1) is 29.6. The maximum absolute atomic E-state index is 13.3. The van der Waals surface area contributed by atoms with E-state index in [1.165, 1.54) is 25.7 Å². The molecule has 0 saturated carbocycles. The lowest BCUT2D eigenvalue weighted by Gasteiger charge is -2.38. The minimum Gasteiger partial charge on any atom is -0.348 e. The van der Waals surface area contributed by atoms with Gasteiger partial charge in [-0.3, -0.25) is 23.7 Å². The number of aryl methyl sites for hydroxylation is 1. The Morgan fingerprint density at radius 1 is 1.11 bits per heavy atom. The normalized spacial score (nSPS) is 19.6. The Kier molecular flexibility index (Phi) is 8.61. The average Bonchev–Trinajstić information content (AvgIpc) is 2.82. The van der Waals surface area contributed by atoms with Gasteiger partial charge in [0.2, 0.25) is 0 Å². The number of H-pyrrole nitrogens is 1. The molecule has 2 aromatic rings. The van der Waals surface area contributed by atoms with E-state index < -0.39 is 73.3 Å². The van der Waals surface area contributed by atoms with Crippen LogP contribution in [0.4, 0.5) is 26.3 Å². The lowest BCUT2D eigenvalue weighted by atomic mass is 10.0. The van der Waals surface area contributed by atoms with E-state index in [1.54, 1.807) is 0 Å². The van der Waals surface area contributed by atoms with Gasteiger partial charge in [0.1, 0.15) is 6.10 Å². The molecule has 210 valence electrons. The fraction of sp³-hybridized carbons (Fsp3) is 0.476. The van der Waals surface area contributed by atoms with Crippen LogP contribution in [0.2, 0.25) is 0 Å². The molecule has 1 amide bonds. The molecule has 1 aromatic carbocycles. The predicted octanol–water partition coefficient (Wildman–Crippen LogP) is 2.89. The van der Waals surface area contributed by atoms with E-state index in [9.17, 15) is 45.3 Å². The summed E-state index contributed by atoms with van der Waals surface area (Å²) in [6, 6.07) is 0.501. The third kappa shape index (κ3) is 6.92. The molecule has 0 spiro atoms. The molecule has 1 fully saturated rings. The van der Waals surface area contributed by atoms with Crippen molar-refractivity contribution >= 4 is 14.1 Å². The van der Waals surface area contributed by atoms with Gasteiger partial charge in [0.05, 0.1) is 24.3 Å². The number of halogens is 6. The van der Waals surface area contributed by atoms with Crippen LogP contribution < -0.4 is 11.2 Å². The molecule has 2 unspecified atom stereocenters. The summed E-state index contributed by atoms with van der Waals surface area (Å²) in [6.45, 7) is 0.156. The van der Waals surface area contributed by atoms with Crippen LogP contribution in [0.25, 0.3) is 0 Å². The van der Waals surface area contributed by atoms with Crippen LogP contribution in [0.5, 0.6) is 0 Å². The molecule has 1 aliphatic heterocycles. The first-order valence-electron chi connectivity index (χ1n) is 10.9.